The van der Waals surface area contributed by atoms with Gasteiger partial charge in [-0.25, -0.2) is 4.79 Å². The summed E-state index contributed by atoms with van der Waals surface area (Å²) in [5.74, 6) is 1.36. The number of carbonyl (C=O) groups excluding carboxylic acids is 1. The summed E-state index contributed by atoms with van der Waals surface area (Å²) in [5, 5.41) is 15.1. The average Bonchev–Trinajstić information content (AvgIpc) is 2.59. The maximum Gasteiger partial charge on any atom is 0.319 e. The Hall–Kier alpha value is -2.73. The molecule has 0 aliphatic carbocycles. The second-order valence-corrected chi connectivity index (χ2v) is 4.84. The lowest BCUT2D eigenvalue weighted by Crippen LogP contribution is -2.37. The molecular formula is C17H20N2O4. The van der Waals surface area contributed by atoms with Crippen molar-refractivity contribution in [1.82, 2.24) is 5.32 Å². The second kappa shape index (κ2) is 8.65. The van der Waals surface area contributed by atoms with Gasteiger partial charge < -0.3 is 25.2 Å². The smallest absolute Gasteiger partial charge is 0.319 e. The summed E-state index contributed by atoms with van der Waals surface area (Å²) in [5.41, 5.74) is 0.689. The quantitative estimate of drug-likeness (QED) is 0.732. The Morgan fingerprint density at radius 1 is 1.09 bits per heavy atom. The molecule has 23 heavy (non-hydrogen) atoms. The minimum atomic E-state index is -0.807. The molecule has 2 aromatic rings. The number of methoxy groups -OCH3 is 1. The van der Waals surface area contributed by atoms with Gasteiger partial charge in [0.2, 0.25) is 0 Å². The molecule has 0 aliphatic rings. The van der Waals surface area contributed by atoms with Crippen molar-refractivity contribution < 1.29 is 19.4 Å². The minimum Gasteiger partial charge on any atom is -0.497 e. The number of ether oxygens (including phenoxy) is 2. The Kier molecular flexibility index (Phi) is 6.26. The van der Waals surface area contributed by atoms with E-state index in [0.717, 1.165) is 5.75 Å². The maximum absolute atomic E-state index is 11.7. The van der Waals surface area contributed by atoms with Crippen molar-refractivity contribution in [1.29, 1.82) is 0 Å². The molecule has 2 rings (SSSR count). The molecule has 0 heterocycles. The SMILES string of the molecule is COc1ccc(OC[C@H](O)CNC(=O)Nc2ccccc2)cc1. The lowest BCUT2D eigenvalue weighted by Gasteiger charge is -2.14. The molecule has 6 heteroatoms. The lowest BCUT2D eigenvalue weighted by molar-refractivity contribution is 0.108. The monoisotopic (exact) mass is 316 g/mol. The standard InChI is InChI=1S/C17H20N2O4/c1-22-15-7-9-16(10-8-15)23-12-14(20)11-18-17(21)19-13-5-3-2-4-6-13/h2-10,14,20H,11-12H2,1H3,(H2,18,19,21)/t14-/m1/s1. The molecule has 0 aliphatic heterocycles. The second-order valence-electron chi connectivity index (χ2n) is 4.84. The summed E-state index contributed by atoms with van der Waals surface area (Å²) in [7, 11) is 1.59. The van der Waals surface area contributed by atoms with Crippen molar-refractivity contribution >= 4 is 11.7 Å². The van der Waals surface area contributed by atoms with E-state index >= 15 is 0 Å². The molecule has 0 unspecified atom stereocenters. The van der Waals surface area contributed by atoms with Crippen LogP contribution in [0.4, 0.5) is 10.5 Å². The molecule has 0 bridgehead atoms. The first kappa shape index (κ1) is 16.6. The van der Waals surface area contributed by atoms with Crippen LogP contribution in [-0.4, -0.2) is 37.5 Å². The largest absolute Gasteiger partial charge is 0.497 e. The Labute approximate surface area is 135 Å². The predicted molar refractivity (Wildman–Crippen MR) is 88.0 cm³/mol. The lowest BCUT2D eigenvalue weighted by atomic mass is 10.3. The molecule has 3 N–H and O–H groups in total. The van der Waals surface area contributed by atoms with Gasteiger partial charge in [-0.05, 0) is 36.4 Å². The fraction of sp³-hybridized carbons (Fsp3) is 0.235. The van der Waals surface area contributed by atoms with Crippen LogP contribution in [0.15, 0.2) is 54.6 Å². The molecule has 1 atom stereocenters. The summed E-state index contributed by atoms with van der Waals surface area (Å²) in [6, 6.07) is 15.7. The van der Waals surface area contributed by atoms with Gasteiger partial charge in [0.25, 0.3) is 0 Å². The van der Waals surface area contributed by atoms with Gasteiger partial charge in [-0.15, -0.1) is 0 Å². The van der Waals surface area contributed by atoms with E-state index in [1.165, 1.54) is 0 Å². The number of hydrogen-bond donors (Lipinski definition) is 3. The molecule has 0 spiro atoms. The average molecular weight is 316 g/mol. The first-order chi connectivity index (χ1) is 11.2. The Morgan fingerprint density at radius 3 is 2.39 bits per heavy atom. The summed E-state index contributed by atoms with van der Waals surface area (Å²) < 4.78 is 10.5. The van der Waals surface area contributed by atoms with E-state index in [4.69, 9.17) is 9.47 Å². The molecule has 0 aromatic heterocycles. The van der Waals surface area contributed by atoms with Crippen LogP contribution >= 0.6 is 0 Å². The molecule has 0 fully saturated rings. The zero-order valence-corrected chi connectivity index (χ0v) is 12.9. The molecule has 0 radical (unpaired) electrons. The first-order valence-electron chi connectivity index (χ1n) is 7.22. The number of rotatable bonds is 7. The van der Waals surface area contributed by atoms with Crippen molar-refractivity contribution in [2.45, 2.75) is 6.10 Å². The zero-order valence-electron chi connectivity index (χ0n) is 12.9. The highest BCUT2D eigenvalue weighted by Crippen LogP contribution is 2.17. The van der Waals surface area contributed by atoms with E-state index in [1.807, 2.05) is 18.2 Å². The maximum atomic E-state index is 11.7. The number of para-hydroxylation sites is 1. The molecule has 2 amide bonds. The summed E-state index contributed by atoms with van der Waals surface area (Å²) in [6.45, 7) is 0.173. The third-order valence-corrected chi connectivity index (χ3v) is 3.03. The Bertz CT molecular complexity index is 602. The van der Waals surface area contributed by atoms with Crippen LogP contribution in [0.25, 0.3) is 0 Å². The number of amides is 2. The van der Waals surface area contributed by atoms with E-state index in [0.29, 0.717) is 11.4 Å². The molecular weight excluding hydrogens is 296 g/mol. The first-order valence-corrected chi connectivity index (χ1v) is 7.22. The number of anilines is 1. The van der Waals surface area contributed by atoms with Gasteiger partial charge in [-0.1, -0.05) is 18.2 Å². The van der Waals surface area contributed by atoms with Gasteiger partial charge >= 0.3 is 6.03 Å². The van der Waals surface area contributed by atoms with E-state index in [-0.39, 0.29) is 19.2 Å². The number of aliphatic hydroxyl groups is 1. The number of hydrogen-bond acceptors (Lipinski definition) is 4. The van der Waals surface area contributed by atoms with Crippen molar-refractivity contribution in [2.75, 3.05) is 25.6 Å². The van der Waals surface area contributed by atoms with Gasteiger partial charge in [0.1, 0.15) is 24.2 Å². The van der Waals surface area contributed by atoms with Crippen molar-refractivity contribution in [3.8, 4) is 11.5 Å². The number of urea groups is 1. The van der Waals surface area contributed by atoms with E-state index in [2.05, 4.69) is 10.6 Å². The number of nitrogens with one attached hydrogen (secondary N) is 2. The van der Waals surface area contributed by atoms with Crippen LogP contribution in [0.3, 0.4) is 0 Å². The van der Waals surface area contributed by atoms with Crippen LogP contribution in [0.5, 0.6) is 11.5 Å². The van der Waals surface area contributed by atoms with Crippen LogP contribution in [-0.2, 0) is 0 Å². The van der Waals surface area contributed by atoms with Crippen LogP contribution in [0.1, 0.15) is 0 Å². The normalized spacial score (nSPS) is 11.4. The predicted octanol–water partition coefficient (Wildman–Crippen LogP) is 2.26. The number of carbonyl (C=O) groups is 1. The molecule has 0 saturated carbocycles. The number of aliphatic hydroxyl groups excluding tert-OH is 1. The Morgan fingerprint density at radius 2 is 1.74 bits per heavy atom. The van der Waals surface area contributed by atoms with Crippen molar-refractivity contribution in [3.63, 3.8) is 0 Å². The van der Waals surface area contributed by atoms with Gasteiger partial charge in [-0.3, -0.25) is 0 Å². The third kappa shape index (κ3) is 5.88. The Balaban J connectivity index is 1.68. The molecule has 6 nitrogen and oxygen atoms in total. The van der Waals surface area contributed by atoms with Gasteiger partial charge in [0, 0.05) is 12.2 Å². The van der Waals surface area contributed by atoms with E-state index in [1.54, 1.807) is 43.5 Å². The zero-order chi connectivity index (χ0) is 16.5. The fourth-order valence-corrected chi connectivity index (χ4v) is 1.83. The fourth-order valence-electron chi connectivity index (χ4n) is 1.83. The minimum absolute atomic E-state index is 0.0813. The highest BCUT2D eigenvalue weighted by atomic mass is 16.5. The van der Waals surface area contributed by atoms with Crippen LogP contribution in [0.2, 0.25) is 0 Å². The highest BCUT2D eigenvalue weighted by Gasteiger charge is 2.08. The van der Waals surface area contributed by atoms with Crippen molar-refractivity contribution in [3.05, 3.63) is 54.6 Å². The topological polar surface area (TPSA) is 79.8 Å². The summed E-state index contributed by atoms with van der Waals surface area (Å²) >= 11 is 0. The molecule has 2 aromatic carbocycles. The highest BCUT2D eigenvalue weighted by molar-refractivity contribution is 5.89. The van der Waals surface area contributed by atoms with Gasteiger partial charge in [-0.2, -0.15) is 0 Å². The number of benzene rings is 2. The summed E-state index contributed by atoms with van der Waals surface area (Å²) in [6.07, 6.45) is -0.807. The van der Waals surface area contributed by atoms with E-state index in [9.17, 15) is 9.90 Å². The van der Waals surface area contributed by atoms with E-state index < -0.39 is 6.10 Å². The third-order valence-electron chi connectivity index (χ3n) is 3.03. The van der Waals surface area contributed by atoms with Crippen LogP contribution in [0, 0.1) is 0 Å². The summed E-state index contributed by atoms with van der Waals surface area (Å²) in [4.78, 5) is 11.7. The van der Waals surface area contributed by atoms with Gasteiger partial charge in [0.15, 0.2) is 0 Å². The van der Waals surface area contributed by atoms with Gasteiger partial charge in [0.05, 0.1) is 7.11 Å². The molecule has 122 valence electrons. The van der Waals surface area contributed by atoms with Crippen LogP contribution < -0.4 is 20.1 Å². The molecule has 0 saturated heterocycles. The van der Waals surface area contributed by atoms with Crippen molar-refractivity contribution in [2.24, 2.45) is 0 Å².